The number of halogens is 1. The SMILES string of the molecule is CCCCCCCNCC(=O)Nc1ccccc1Br. The monoisotopic (exact) mass is 326 g/mol. The van der Waals surface area contributed by atoms with E-state index in [1.807, 2.05) is 24.3 Å². The van der Waals surface area contributed by atoms with Crippen LogP contribution in [-0.4, -0.2) is 19.0 Å². The van der Waals surface area contributed by atoms with Crippen LogP contribution in [0.15, 0.2) is 28.7 Å². The zero-order valence-corrected chi connectivity index (χ0v) is 13.1. The molecule has 0 unspecified atom stereocenters. The number of unbranched alkanes of at least 4 members (excludes halogenated alkanes) is 4. The van der Waals surface area contributed by atoms with Gasteiger partial charge in [-0.1, -0.05) is 44.7 Å². The van der Waals surface area contributed by atoms with Gasteiger partial charge in [0.15, 0.2) is 0 Å². The average molecular weight is 327 g/mol. The zero-order valence-electron chi connectivity index (χ0n) is 11.5. The van der Waals surface area contributed by atoms with Crippen molar-refractivity contribution in [2.24, 2.45) is 0 Å². The highest BCUT2D eigenvalue weighted by Gasteiger charge is 2.03. The van der Waals surface area contributed by atoms with Crippen LogP contribution in [0.25, 0.3) is 0 Å². The van der Waals surface area contributed by atoms with Crippen LogP contribution >= 0.6 is 15.9 Å². The number of amides is 1. The maximum absolute atomic E-state index is 11.7. The third-order valence-electron chi connectivity index (χ3n) is 2.89. The molecule has 0 fully saturated rings. The Hall–Kier alpha value is -0.870. The minimum atomic E-state index is 0.000424. The van der Waals surface area contributed by atoms with Crippen LogP contribution < -0.4 is 10.6 Å². The molecule has 0 saturated carbocycles. The molecule has 0 aliphatic rings. The zero-order chi connectivity index (χ0) is 13.9. The molecule has 0 aliphatic carbocycles. The lowest BCUT2D eigenvalue weighted by Gasteiger charge is -2.08. The fourth-order valence-electron chi connectivity index (χ4n) is 1.81. The van der Waals surface area contributed by atoms with E-state index in [4.69, 9.17) is 0 Å². The molecule has 1 rings (SSSR count). The summed E-state index contributed by atoms with van der Waals surface area (Å²) < 4.78 is 0.905. The van der Waals surface area contributed by atoms with E-state index in [9.17, 15) is 4.79 Å². The Labute approximate surface area is 124 Å². The number of rotatable bonds is 9. The summed E-state index contributed by atoms with van der Waals surface area (Å²) in [6.07, 6.45) is 6.25. The van der Waals surface area contributed by atoms with Crippen molar-refractivity contribution in [3.63, 3.8) is 0 Å². The van der Waals surface area contributed by atoms with E-state index in [1.54, 1.807) is 0 Å². The number of hydrogen-bond donors (Lipinski definition) is 2. The van der Waals surface area contributed by atoms with Crippen molar-refractivity contribution < 1.29 is 4.79 Å². The summed E-state index contributed by atoms with van der Waals surface area (Å²) in [5.74, 6) is 0.000424. The molecule has 0 radical (unpaired) electrons. The van der Waals surface area contributed by atoms with Gasteiger partial charge in [0, 0.05) is 4.47 Å². The van der Waals surface area contributed by atoms with Crippen LogP contribution in [0.2, 0.25) is 0 Å². The lowest BCUT2D eigenvalue weighted by atomic mass is 10.1. The second-order valence-electron chi connectivity index (χ2n) is 4.62. The quantitative estimate of drug-likeness (QED) is 0.674. The van der Waals surface area contributed by atoms with Crippen LogP contribution in [-0.2, 0) is 4.79 Å². The number of carbonyl (C=O) groups is 1. The standard InChI is InChI=1S/C15H23BrN2O/c1-2-3-4-5-8-11-17-12-15(19)18-14-10-7-6-9-13(14)16/h6-7,9-10,17H,2-5,8,11-12H2,1H3,(H,18,19). The van der Waals surface area contributed by atoms with Crippen molar-refractivity contribution in [1.82, 2.24) is 5.32 Å². The summed E-state index contributed by atoms with van der Waals surface area (Å²) in [4.78, 5) is 11.7. The molecule has 0 spiro atoms. The third-order valence-corrected chi connectivity index (χ3v) is 3.58. The molecule has 1 aromatic carbocycles. The van der Waals surface area contributed by atoms with Gasteiger partial charge in [0.25, 0.3) is 0 Å². The fraction of sp³-hybridized carbons (Fsp3) is 0.533. The Kier molecular flexibility index (Phi) is 8.50. The topological polar surface area (TPSA) is 41.1 Å². The van der Waals surface area contributed by atoms with E-state index < -0.39 is 0 Å². The van der Waals surface area contributed by atoms with Gasteiger partial charge in [0.05, 0.1) is 12.2 Å². The first-order valence-corrected chi connectivity index (χ1v) is 7.78. The number of carbonyl (C=O) groups excluding carboxylic acids is 1. The van der Waals surface area contributed by atoms with E-state index in [1.165, 1.54) is 25.7 Å². The predicted molar refractivity (Wildman–Crippen MR) is 84.4 cm³/mol. The third kappa shape index (κ3) is 7.33. The van der Waals surface area contributed by atoms with E-state index in [0.29, 0.717) is 6.54 Å². The molecular weight excluding hydrogens is 304 g/mol. The van der Waals surface area contributed by atoms with Crippen LogP contribution in [0.4, 0.5) is 5.69 Å². The summed E-state index contributed by atoms with van der Waals surface area (Å²) in [6, 6.07) is 7.62. The van der Waals surface area contributed by atoms with Gasteiger partial charge in [-0.25, -0.2) is 0 Å². The smallest absolute Gasteiger partial charge is 0.238 e. The Morgan fingerprint density at radius 1 is 1.16 bits per heavy atom. The highest BCUT2D eigenvalue weighted by atomic mass is 79.9. The minimum Gasteiger partial charge on any atom is -0.324 e. The van der Waals surface area contributed by atoms with Crippen LogP contribution in [0.1, 0.15) is 39.0 Å². The molecule has 3 nitrogen and oxygen atoms in total. The molecule has 0 aromatic heterocycles. The van der Waals surface area contributed by atoms with Gasteiger partial charge in [-0.15, -0.1) is 0 Å². The molecule has 106 valence electrons. The molecule has 0 atom stereocenters. The Morgan fingerprint density at radius 2 is 1.89 bits per heavy atom. The van der Waals surface area contributed by atoms with Crippen molar-refractivity contribution in [1.29, 1.82) is 0 Å². The highest BCUT2D eigenvalue weighted by Crippen LogP contribution is 2.20. The Morgan fingerprint density at radius 3 is 2.63 bits per heavy atom. The summed E-state index contributed by atoms with van der Waals surface area (Å²) in [5.41, 5.74) is 0.817. The molecule has 0 saturated heterocycles. The van der Waals surface area contributed by atoms with E-state index >= 15 is 0 Å². The molecule has 4 heteroatoms. The summed E-state index contributed by atoms with van der Waals surface area (Å²) >= 11 is 3.41. The maximum Gasteiger partial charge on any atom is 0.238 e. The second kappa shape index (κ2) is 9.98. The van der Waals surface area contributed by atoms with Crippen molar-refractivity contribution in [2.45, 2.75) is 39.0 Å². The summed E-state index contributed by atoms with van der Waals surface area (Å²) in [7, 11) is 0. The molecular formula is C15H23BrN2O. The number of para-hydroxylation sites is 1. The van der Waals surface area contributed by atoms with Crippen molar-refractivity contribution in [3.8, 4) is 0 Å². The molecule has 1 aromatic rings. The maximum atomic E-state index is 11.7. The Bertz CT molecular complexity index is 382. The first-order chi connectivity index (χ1) is 9.24. The van der Waals surface area contributed by atoms with Gasteiger partial charge in [0.1, 0.15) is 0 Å². The van der Waals surface area contributed by atoms with Crippen molar-refractivity contribution in [3.05, 3.63) is 28.7 Å². The van der Waals surface area contributed by atoms with Gasteiger partial charge >= 0.3 is 0 Å². The van der Waals surface area contributed by atoms with E-state index in [2.05, 4.69) is 33.5 Å². The first kappa shape index (κ1) is 16.2. The molecule has 2 N–H and O–H groups in total. The average Bonchev–Trinajstić information content (AvgIpc) is 2.40. The lowest BCUT2D eigenvalue weighted by molar-refractivity contribution is -0.115. The lowest BCUT2D eigenvalue weighted by Crippen LogP contribution is -2.28. The fourth-order valence-corrected chi connectivity index (χ4v) is 2.20. The first-order valence-electron chi connectivity index (χ1n) is 6.99. The number of anilines is 1. The van der Waals surface area contributed by atoms with Crippen LogP contribution in [0.3, 0.4) is 0 Å². The van der Waals surface area contributed by atoms with Gasteiger partial charge < -0.3 is 10.6 Å². The number of nitrogens with one attached hydrogen (secondary N) is 2. The van der Waals surface area contributed by atoms with Crippen LogP contribution in [0, 0.1) is 0 Å². The van der Waals surface area contributed by atoms with Gasteiger partial charge in [-0.05, 0) is 41.0 Å². The molecule has 0 aliphatic heterocycles. The number of hydrogen-bond acceptors (Lipinski definition) is 2. The molecule has 0 heterocycles. The molecule has 19 heavy (non-hydrogen) atoms. The van der Waals surface area contributed by atoms with Crippen LogP contribution in [0.5, 0.6) is 0 Å². The van der Waals surface area contributed by atoms with Gasteiger partial charge in [0.2, 0.25) is 5.91 Å². The van der Waals surface area contributed by atoms with Crippen molar-refractivity contribution >= 4 is 27.5 Å². The predicted octanol–water partition coefficient (Wildman–Crippen LogP) is 3.95. The molecule has 0 bridgehead atoms. The normalized spacial score (nSPS) is 10.4. The largest absolute Gasteiger partial charge is 0.324 e. The molecule has 1 amide bonds. The summed E-state index contributed by atoms with van der Waals surface area (Å²) in [5, 5.41) is 6.05. The number of benzene rings is 1. The van der Waals surface area contributed by atoms with Gasteiger partial charge in [-0.3, -0.25) is 4.79 Å². The van der Waals surface area contributed by atoms with Gasteiger partial charge in [-0.2, -0.15) is 0 Å². The minimum absolute atomic E-state index is 0.000424. The Balaban J connectivity index is 2.10. The second-order valence-corrected chi connectivity index (χ2v) is 5.47. The highest BCUT2D eigenvalue weighted by molar-refractivity contribution is 9.10. The van der Waals surface area contributed by atoms with Crippen molar-refractivity contribution in [2.75, 3.05) is 18.4 Å². The van der Waals surface area contributed by atoms with E-state index in [-0.39, 0.29) is 5.91 Å². The van der Waals surface area contributed by atoms with E-state index in [0.717, 1.165) is 23.1 Å². The summed E-state index contributed by atoms with van der Waals surface area (Å²) in [6.45, 7) is 3.49.